The van der Waals surface area contributed by atoms with E-state index >= 15 is 0 Å². The minimum atomic E-state index is -1.58. The first-order chi connectivity index (χ1) is 29.3. The number of rotatable bonds is 3. The summed E-state index contributed by atoms with van der Waals surface area (Å²) in [5.74, 6) is -1.83. The Bertz CT molecular complexity index is 2980. The van der Waals surface area contributed by atoms with E-state index in [0.717, 1.165) is 0 Å². The Morgan fingerprint density at radius 3 is 1.90 bits per heavy atom. The smallest absolute Gasteiger partial charge is 0.123 e. The molecule has 6 aromatic rings. The molecule has 6 unspecified atom stereocenters. The van der Waals surface area contributed by atoms with E-state index in [9.17, 15) is 9.60 Å². The van der Waals surface area contributed by atoms with Crippen molar-refractivity contribution in [3.05, 3.63) is 126 Å². The molecular formula is C38H30O. The number of benzene rings is 6. The number of hydrogen-bond donors (Lipinski definition) is 0. The summed E-state index contributed by atoms with van der Waals surface area (Å²) >= 11 is 0. The van der Waals surface area contributed by atoms with Crippen LogP contribution in [0.4, 0.5) is 0 Å². The van der Waals surface area contributed by atoms with Crippen LogP contribution in [-0.2, 0) is 0 Å². The fraction of sp³-hybridized carbons (Fsp3) is 0.158. The molecule has 0 spiro atoms. The van der Waals surface area contributed by atoms with Gasteiger partial charge in [-0.15, -0.1) is 0 Å². The van der Waals surface area contributed by atoms with Crippen molar-refractivity contribution in [1.82, 2.24) is 0 Å². The second-order valence-electron chi connectivity index (χ2n) is 8.87. The molecule has 0 amide bonds. The molecule has 0 aromatic heterocycles. The third kappa shape index (κ3) is 3.61. The van der Waals surface area contributed by atoms with E-state index in [4.69, 9.17) is 28.0 Å². The van der Waals surface area contributed by atoms with Crippen LogP contribution in [0.15, 0.2) is 121 Å². The van der Waals surface area contributed by atoms with Gasteiger partial charge in [-0.1, -0.05) is 115 Å². The van der Waals surface area contributed by atoms with E-state index in [1.54, 1.807) is 0 Å². The predicted molar refractivity (Wildman–Crippen MR) is 163 cm³/mol. The maximum Gasteiger partial charge on any atom is 0.123 e. The summed E-state index contributed by atoms with van der Waals surface area (Å²) in [6.45, 7) is 0. The van der Waals surface area contributed by atoms with Gasteiger partial charge < -0.3 is 4.74 Å². The second-order valence-corrected chi connectivity index (χ2v) is 8.87. The van der Waals surface area contributed by atoms with E-state index in [2.05, 4.69) is 0 Å². The van der Waals surface area contributed by atoms with Crippen molar-refractivity contribution in [3.8, 4) is 39.1 Å². The molecule has 1 saturated carbocycles. The summed E-state index contributed by atoms with van der Waals surface area (Å²) in [5, 5.41) is -2.59. The van der Waals surface area contributed by atoms with Gasteiger partial charge in [-0.2, -0.15) is 0 Å². The van der Waals surface area contributed by atoms with Crippen LogP contribution >= 0.6 is 0 Å². The third-order valence-electron chi connectivity index (χ3n) is 6.80. The van der Waals surface area contributed by atoms with Gasteiger partial charge in [0, 0.05) is 17.0 Å². The summed E-state index contributed by atoms with van der Waals surface area (Å²) in [6.07, 6.45) is -7.51. The lowest BCUT2D eigenvalue weighted by Crippen LogP contribution is -2.22. The van der Waals surface area contributed by atoms with Gasteiger partial charge in [0.05, 0.1) is 27.4 Å². The molecule has 0 bridgehead atoms. The van der Waals surface area contributed by atoms with Gasteiger partial charge in [0.2, 0.25) is 0 Å². The fourth-order valence-electron chi connectivity index (χ4n) is 5.20. The lowest BCUT2D eigenvalue weighted by atomic mass is 9.78. The maximum absolute atomic E-state index is 9.55. The van der Waals surface area contributed by atoms with Crippen LogP contribution in [0.25, 0.3) is 54.9 Å². The highest BCUT2D eigenvalue weighted by atomic mass is 16.5. The van der Waals surface area contributed by atoms with Crippen molar-refractivity contribution in [2.24, 2.45) is 0 Å². The van der Waals surface area contributed by atoms with Gasteiger partial charge >= 0.3 is 0 Å². The standard InChI is InChI=1S/C38H30O/c1-2-12-25(13-3-1)26-14-10-15-27(24-26)36-28-16-4-6-18-30(28)37(31-19-7-5-17-29(31)36)33-21-11-23-35-38(33)32-20-8-9-22-34(32)39-35/h1-7,10-19,21,23-24,32,34H,8-9,20,22H2/i1D,2D,3D,4D,5D,6D,7D,8D,9D,10D,11D,12D,13D,14D,15D,16D,17D,18D,19D,20D,21D,22D,23D,24D. The predicted octanol–water partition coefficient (Wildman–Crippen LogP) is 10.4. The topological polar surface area (TPSA) is 9.23 Å². The Labute approximate surface area is 263 Å². The Morgan fingerprint density at radius 1 is 0.564 bits per heavy atom. The van der Waals surface area contributed by atoms with Gasteiger partial charge in [0.1, 0.15) is 11.9 Å². The molecule has 39 heavy (non-hydrogen) atoms. The lowest BCUT2D eigenvalue weighted by Gasteiger charge is -2.25. The SMILES string of the molecule is [2H]c1c([2H])c([2H])c(-c2c([2H])c([2H])c([2H])c(-c3c4c([2H])c([2H])c([2H])c([2H])c4c(-c4c([2H])c([2H])c([2H])c5c4C4C([2H])C([2H])C([2H])C([2H])C4O5)c4c([2H])c([2H])c([2H])c([2H])c34)c2[2H])c([2H])c1[2H]. The molecule has 6 aromatic carbocycles. The largest absolute Gasteiger partial charge is 0.489 e. The lowest BCUT2D eigenvalue weighted by molar-refractivity contribution is 0.164. The van der Waals surface area contributed by atoms with Crippen molar-refractivity contribution >= 4 is 21.5 Å². The van der Waals surface area contributed by atoms with Gasteiger partial charge in [-0.3, -0.25) is 0 Å². The molecule has 1 heterocycles. The second kappa shape index (κ2) is 9.13. The summed E-state index contributed by atoms with van der Waals surface area (Å²) < 4.78 is 219. The van der Waals surface area contributed by atoms with E-state index in [0.29, 0.717) is 0 Å². The molecule has 1 aliphatic heterocycles. The Balaban J connectivity index is 1.70. The van der Waals surface area contributed by atoms with Crippen LogP contribution in [0, 0.1) is 0 Å². The molecule has 0 N–H and O–H groups in total. The van der Waals surface area contributed by atoms with Crippen molar-refractivity contribution < 1.29 is 37.6 Å². The molecule has 1 aliphatic carbocycles. The summed E-state index contributed by atoms with van der Waals surface area (Å²) in [6, 6.07) is -18.1. The molecule has 2 aliphatic rings. The highest BCUT2D eigenvalue weighted by Gasteiger charge is 2.38. The zero-order valence-electron chi connectivity index (χ0n) is 43.9. The van der Waals surface area contributed by atoms with Gasteiger partial charge in [0.25, 0.3) is 0 Å². The van der Waals surface area contributed by atoms with Crippen LogP contribution in [0.1, 0.15) is 70.0 Å². The van der Waals surface area contributed by atoms with E-state index in [1.165, 1.54) is 0 Å². The van der Waals surface area contributed by atoms with Crippen molar-refractivity contribution in [2.75, 3.05) is 0 Å². The molecule has 188 valence electrons. The quantitative estimate of drug-likeness (QED) is 0.208. The molecule has 8 rings (SSSR count). The maximum atomic E-state index is 9.55. The normalized spacial score (nSPS) is 34.3. The third-order valence-corrected chi connectivity index (χ3v) is 6.80. The molecule has 0 radical (unpaired) electrons. The Morgan fingerprint density at radius 2 is 1.15 bits per heavy atom. The molecule has 0 saturated heterocycles. The highest BCUT2D eigenvalue weighted by molar-refractivity contribution is 6.21. The van der Waals surface area contributed by atoms with Crippen LogP contribution in [0.5, 0.6) is 5.75 Å². The first-order valence-corrected chi connectivity index (χ1v) is 12.0. The van der Waals surface area contributed by atoms with Crippen molar-refractivity contribution in [3.63, 3.8) is 0 Å². The zero-order chi connectivity index (χ0) is 46.6. The van der Waals surface area contributed by atoms with E-state index < -0.39 is 219 Å². The summed E-state index contributed by atoms with van der Waals surface area (Å²) in [5.41, 5.74) is -4.32. The van der Waals surface area contributed by atoms with E-state index in [1.807, 2.05) is 0 Å². The monoisotopic (exact) mass is 526 g/mol. The summed E-state index contributed by atoms with van der Waals surface area (Å²) in [4.78, 5) is 0. The van der Waals surface area contributed by atoms with Crippen molar-refractivity contribution in [2.45, 2.75) is 37.6 Å². The first-order valence-electron chi connectivity index (χ1n) is 24.3. The molecule has 6 atom stereocenters. The first kappa shape index (κ1) is 9.10. The summed E-state index contributed by atoms with van der Waals surface area (Å²) in [7, 11) is 0. The number of hydrogen-bond acceptors (Lipinski definition) is 1. The molecule has 1 heteroatoms. The highest BCUT2D eigenvalue weighted by Crippen LogP contribution is 2.52. The number of fused-ring (bicyclic) bond motifs is 5. The fourth-order valence-corrected chi connectivity index (χ4v) is 5.20. The van der Waals surface area contributed by atoms with Crippen molar-refractivity contribution in [1.29, 1.82) is 0 Å². The Hall–Kier alpha value is -4.36. The Kier molecular flexibility index (Phi) is 2.13. The van der Waals surface area contributed by atoms with Crippen LogP contribution in [-0.4, -0.2) is 6.10 Å². The average Bonchev–Trinajstić information content (AvgIpc) is 3.66. The van der Waals surface area contributed by atoms with Gasteiger partial charge in [-0.25, -0.2) is 0 Å². The molecular weight excluding hydrogens is 472 g/mol. The minimum absolute atomic E-state index is 0.250. The van der Waals surface area contributed by atoms with Gasteiger partial charge in [-0.05, 0) is 86.2 Å². The zero-order valence-corrected chi connectivity index (χ0v) is 19.9. The minimum Gasteiger partial charge on any atom is -0.489 e. The van der Waals surface area contributed by atoms with Crippen LogP contribution < -0.4 is 4.74 Å². The average molecular weight is 527 g/mol. The number of ether oxygens (including phenoxy) is 1. The van der Waals surface area contributed by atoms with Gasteiger partial charge in [0.15, 0.2) is 0 Å². The van der Waals surface area contributed by atoms with Crippen LogP contribution in [0.2, 0.25) is 0 Å². The molecule has 1 fully saturated rings. The van der Waals surface area contributed by atoms with Crippen LogP contribution in [0.3, 0.4) is 0 Å². The molecule has 1 nitrogen and oxygen atoms in total. The van der Waals surface area contributed by atoms with E-state index in [-0.39, 0.29) is 5.56 Å².